The minimum Gasteiger partial charge on any atom is -0.477 e. The molecule has 512 valence electrons. The molecule has 27 N–H and O–H groups in total. The largest absolute Gasteiger partial charge is 0.477 e. The predicted molar refractivity (Wildman–Crippen MR) is 267 cm³/mol. The Morgan fingerprint density at radius 2 is 0.897 bits per heavy atom. The number of carboxylic acids is 1. The number of carboxylic acid groups (broad SMARTS) is 1. The molecular weight excluding hydrogens is 1270 g/mol. The lowest BCUT2D eigenvalue weighted by molar-refractivity contribution is -0.413. The number of aliphatic hydroxyl groups excluding tert-OH is 16. The first-order valence-electron chi connectivity index (χ1n) is 26.2. The van der Waals surface area contributed by atoms with E-state index in [1.54, 1.807) is 0 Å². The van der Waals surface area contributed by atoms with Crippen molar-refractivity contribution in [3.63, 3.8) is 0 Å². The lowest BCUT2D eigenvalue weighted by Gasteiger charge is -2.53. The number of hydrogen-bond acceptors (Lipinski definition) is 39. The van der Waals surface area contributed by atoms with Crippen LogP contribution in [0.15, 0.2) is 0 Å². The molecule has 0 bridgehead atoms. The highest BCUT2D eigenvalue weighted by molar-refractivity contribution is 7.47. The molecule has 0 radical (unpaired) electrons. The Labute approximate surface area is 491 Å². The van der Waals surface area contributed by atoms with Crippen LogP contribution in [0.25, 0.3) is 0 Å². The van der Waals surface area contributed by atoms with Crippen molar-refractivity contribution in [2.24, 2.45) is 17.2 Å². The minimum atomic E-state index is -5.92. The number of aliphatic hydroxyl groups is 17. The molecule has 31 atom stereocenters. The third-order valence-electron chi connectivity index (χ3n) is 13.7. The zero-order valence-corrected chi connectivity index (χ0v) is 48.0. The van der Waals surface area contributed by atoms with Gasteiger partial charge in [0.2, 0.25) is 0 Å². The first-order valence-corrected chi connectivity index (χ1v) is 30.7. The molecule has 5 fully saturated rings. The number of rotatable bonds is 33. The summed E-state index contributed by atoms with van der Waals surface area (Å²) in [6.07, 6.45) is -68.5. The van der Waals surface area contributed by atoms with Gasteiger partial charge in [0.15, 0.2) is 25.2 Å². The molecule has 5 rings (SSSR count). The summed E-state index contributed by atoms with van der Waals surface area (Å²) in [5.41, 5.74) is 16.2. The number of aliphatic carboxylic acids is 1. The fraction of sp³-hybridized carbons (Fsp3) is 0.976. The van der Waals surface area contributed by atoms with Gasteiger partial charge >= 0.3 is 29.4 Å². The van der Waals surface area contributed by atoms with Crippen LogP contribution in [0, 0.1) is 0 Å². The second-order valence-corrected chi connectivity index (χ2v) is 24.3. The second-order valence-electron chi connectivity index (χ2n) is 20.0. The van der Waals surface area contributed by atoms with Gasteiger partial charge in [0.05, 0.1) is 59.0 Å². The van der Waals surface area contributed by atoms with Gasteiger partial charge in [-0.3, -0.25) is 27.1 Å². The van der Waals surface area contributed by atoms with Crippen molar-refractivity contribution in [3.05, 3.63) is 0 Å². The summed E-state index contributed by atoms with van der Waals surface area (Å²) in [5, 5.41) is 196. The third kappa shape index (κ3) is 19.4. The molecule has 5 aliphatic heterocycles. The van der Waals surface area contributed by atoms with E-state index < -0.39 is 273 Å². The average molecular weight is 1350 g/mol. The fourth-order valence-electron chi connectivity index (χ4n) is 9.28. The van der Waals surface area contributed by atoms with Crippen LogP contribution in [0.4, 0.5) is 0 Å². The molecule has 46 heteroatoms. The number of phosphoric acid groups is 3. The highest BCUT2D eigenvalue weighted by Gasteiger charge is 2.62. The van der Waals surface area contributed by atoms with E-state index in [4.69, 9.17) is 82.5 Å². The van der Waals surface area contributed by atoms with E-state index in [1.165, 1.54) is 0 Å². The van der Waals surface area contributed by atoms with E-state index in [2.05, 4.69) is 4.52 Å². The smallest absolute Gasteiger partial charge is 0.472 e. The zero-order valence-electron chi connectivity index (χ0n) is 45.3. The van der Waals surface area contributed by atoms with Crippen LogP contribution >= 0.6 is 23.5 Å². The summed E-state index contributed by atoms with van der Waals surface area (Å²) in [7, 11) is -16.4. The molecule has 0 aromatic rings. The molecule has 0 aliphatic carbocycles. The summed E-state index contributed by atoms with van der Waals surface area (Å²) < 4.78 is 122. The second kappa shape index (κ2) is 33.2. The lowest BCUT2D eigenvalue weighted by Crippen LogP contribution is -2.71. The van der Waals surface area contributed by atoms with Gasteiger partial charge < -0.3 is 166 Å². The summed E-state index contributed by atoms with van der Waals surface area (Å²) in [4.78, 5) is 44.5. The Morgan fingerprint density at radius 3 is 1.39 bits per heavy atom. The van der Waals surface area contributed by atoms with Gasteiger partial charge in [-0.15, -0.1) is 0 Å². The summed E-state index contributed by atoms with van der Waals surface area (Å²) in [6, 6.07) is 0. The molecule has 0 aromatic carbocycles. The molecule has 0 spiro atoms. The summed E-state index contributed by atoms with van der Waals surface area (Å²) in [5.74, 6) is -5.78. The molecule has 5 aliphatic rings. The molecule has 43 nitrogen and oxygen atoms in total. The SMILES string of the molecule is NCCOP(=O)(O)OC[C@@H](O)[C@H]1O[C@H](O[C@H]2[C@@H]([C@H](O)COP(=O)(O)OCCN)OC(O)(C(=O)O)C[C@H]2O)[C@@H](OP(=O)(O)OCCN)[C@@H](O[C@H]2O[C@H]([C@@H](O)CO)[C@@H](O)[C@H](O)[C@@H]2O[C@H]2O[C@H]([C@@H](O)CO)[C@@H](O)[C@H](O)[C@@H]2O)[C@@H]1O[C@@H]1O[C@H](CO)[C@@H](O)[C@H](O)[C@H]1O. The summed E-state index contributed by atoms with van der Waals surface area (Å²) in [6.45, 7) is -10.2. The van der Waals surface area contributed by atoms with Crippen LogP contribution in [0.1, 0.15) is 6.42 Å². The Balaban J connectivity index is 1.81. The highest BCUT2D eigenvalue weighted by Crippen LogP contribution is 2.50. The van der Waals surface area contributed by atoms with Gasteiger partial charge in [0.1, 0.15) is 134 Å². The average Bonchev–Trinajstić information content (AvgIpc) is 1.05. The Kier molecular flexibility index (Phi) is 29.1. The van der Waals surface area contributed by atoms with Gasteiger partial charge in [0.25, 0.3) is 5.79 Å². The van der Waals surface area contributed by atoms with Crippen LogP contribution in [0.3, 0.4) is 0 Å². The van der Waals surface area contributed by atoms with Crippen molar-refractivity contribution in [1.29, 1.82) is 0 Å². The third-order valence-corrected chi connectivity index (χ3v) is 16.7. The van der Waals surface area contributed by atoms with Crippen molar-refractivity contribution in [1.82, 2.24) is 0 Å². The maximum atomic E-state index is 14.1. The normalized spacial score (nSPS) is 42.2. The van der Waals surface area contributed by atoms with E-state index in [0.29, 0.717) is 0 Å². The zero-order chi connectivity index (χ0) is 65.3. The number of hydrogen-bond donors (Lipinski definition) is 24. The first kappa shape index (κ1) is 76.4. The van der Waals surface area contributed by atoms with Crippen LogP contribution in [0.2, 0.25) is 0 Å². The van der Waals surface area contributed by atoms with Crippen molar-refractivity contribution >= 4 is 29.4 Å². The molecular formula is C41H78N3O40P3. The summed E-state index contributed by atoms with van der Waals surface area (Å²) >= 11 is 0. The molecule has 5 saturated heterocycles. The van der Waals surface area contributed by atoms with E-state index in [0.717, 1.165) is 0 Å². The highest BCUT2D eigenvalue weighted by atomic mass is 31.2. The van der Waals surface area contributed by atoms with Gasteiger partial charge in [-0.25, -0.2) is 18.5 Å². The molecule has 87 heavy (non-hydrogen) atoms. The van der Waals surface area contributed by atoms with Crippen LogP contribution in [-0.2, 0) is 88.3 Å². The first-order chi connectivity index (χ1) is 40.7. The monoisotopic (exact) mass is 1350 g/mol. The Bertz CT molecular complexity index is 2260. The van der Waals surface area contributed by atoms with Crippen molar-refractivity contribution in [2.45, 2.75) is 178 Å². The Hall–Kier alpha value is -1.36. The van der Waals surface area contributed by atoms with Gasteiger partial charge in [0, 0.05) is 26.1 Å². The molecule has 4 unspecified atom stereocenters. The van der Waals surface area contributed by atoms with Crippen molar-refractivity contribution < 1.29 is 195 Å². The van der Waals surface area contributed by atoms with E-state index in [-0.39, 0.29) is 6.54 Å². The molecule has 0 amide bonds. The number of nitrogens with two attached hydrogens (primary N) is 3. The van der Waals surface area contributed by atoms with Gasteiger partial charge in [-0.05, 0) is 0 Å². The van der Waals surface area contributed by atoms with Gasteiger partial charge in [-0.2, -0.15) is 0 Å². The maximum Gasteiger partial charge on any atom is 0.472 e. The van der Waals surface area contributed by atoms with Crippen LogP contribution < -0.4 is 17.2 Å². The van der Waals surface area contributed by atoms with Crippen molar-refractivity contribution in [3.8, 4) is 0 Å². The van der Waals surface area contributed by atoms with Gasteiger partial charge in [-0.1, -0.05) is 0 Å². The topological polar surface area (TPSA) is 710 Å². The molecule has 0 aromatic heterocycles. The van der Waals surface area contributed by atoms with E-state index in [9.17, 15) is 125 Å². The number of ether oxygens (including phenoxy) is 9. The predicted octanol–water partition coefficient (Wildman–Crippen LogP) is -13.7. The number of carbonyl (C=O) groups is 1. The quantitative estimate of drug-likeness (QED) is 0.0271. The van der Waals surface area contributed by atoms with Crippen molar-refractivity contribution in [2.75, 3.05) is 72.5 Å². The maximum absolute atomic E-state index is 14.1. The standard InChI is InChI=1S/C41H78N3O40P3/c42-1-4-70-85(64,65)73-11-16(51)30-33(81-36-25(59)20(54)19(53)18(10-47)75-36)34(82-38-32(24(58)23(57)28(77-38)15(50)9-46)80-37-26(60)21(55)22(56)27(76-37)14(49)8-45)35(84-87(68,69)72-6-3-44)39(79-30)78-29-13(48)7-41(63,40(61)62)83-31(29)17(52)12-74-86(66,67)71-5-2-43/h13-39,45-60,63H,1-12,42-44H2,(H,61,62)(H,64,65)(H,66,67)(H,68,69)/t13-,14+,15+,16-,17-,18-,19-,20+,21+,22+,23+,24+,25-,26+,27-,28-,29-,30-,31-,32+,33-,34+,35+,36+,37-,38-,39+,41?/m1/s1. The minimum absolute atomic E-state index is 0.362. The van der Waals surface area contributed by atoms with E-state index >= 15 is 0 Å². The fourth-order valence-corrected chi connectivity index (χ4v) is 11.7. The molecule has 5 heterocycles. The Morgan fingerprint density at radius 1 is 0.483 bits per heavy atom. The lowest BCUT2D eigenvalue weighted by atomic mass is 9.91. The molecule has 0 saturated carbocycles. The number of phosphoric ester groups is 3. The van der Waals surface area contributed by atoms with Crippen LogP contribution in [-0.4, -0.2) is 356 Å². The van der Waals surface area contributed by atoms with Crippen LogP contribution in [0.5, 0.6) is 0 Å². The van der Waals surface area contributed by atoms with E-state index in [1.807, 2.05) is 0 Å².